The van der Waals surface area contributed by atoms with Crippen LogP contribution in [0.5, 0.6) is 0 Å². The molecule has 55 heavy (non-hydrogen) atoms. The summed E-state index contributed by atoms with van der Waals surface area (Å²) in [5, 5.41) is 33.6. The highest BCUT2D eigenvalue weighted by Crippen LogP contribution is 2.15. The largest absolute Gasteiger partial charge is 0.394 e. The fraction of sp³-hybridized carbons (Fsp3) is 0.860. The lowest BCUT2D eigenvalue weighted by Gasteiger charge is -2.26. The van der Waals surface area contributed by atoms with E-state index in [9.17, 15) is 20.1 Å². The highest BCUT2D eigenvalue weighted by molar-refractivity contribution is 5.76. The summed E-state index contributed by atoms with van der Waals surface area (Å²) < 4.78 is 0. The molecule has 0 heterocycles. The fourth-order valence-electron chi connectivity index (χ4n) is 7.41. The van der Waals surface area contributed by atoms with E-state index in [1.807, 2.05) is 0 Å². The lowest BCUT2D eigenvalue weighted by Crippen LogP contribution is -2.50. The van der Waals surface area contributed by atoms with Crippen LogP contribution in [0.3, 0.4) is 0 Å². The van der Waals surface area contributed by atoms with Gasteiger partial charge in [-0.25, -0.2) is 0 Å². The molecule has 3 atom stereocenters. The highest BCUT2D eigenvalue weighted by atomic mass is 16.3. The summed E-state index contributed by atoms with van der Waals surface area (Å²) in [6, 6.07) is -0.833. The Morgan fingerprint density at radius 1 is 0.436 bits per heavy atom. The lowest BCUT2D eigenvalue weighted by molar-refractivity contribution is -0.124. The first-order chi connectivity index (χ1) is 27.1. The molecule has 0 bridgehead atoms. The van der Waals surface area contributed by atoms with Crippen molar-refractivity contribution >= 4 is 5.91 Å². The molecular formula is C50H95NO4. The van der Waals surface area contributed by atoms with Gasteiger partial charge in [0.15, 0.2) is 0 Å². The number of rotatable bonds is 44. The Labute approximate surface area is 343 Å². The number of nitrogens with one attached hydrogen (secondary N) is 1. The van der Waals surface area contributed by atoms with Crippen LogP contribution in [0.15, 0.2) is 36.5 Å². The monoisotopic (exact) mass is 774 g/mol. The molecule has 0 aliphatic rings. The summed E-state index contributed by atoms with van der Waals surface area (Å²) in [5.41, 5.74) is 0. The van der Waals surface area contributed by atoms with E-state index in [4.69, 9.17) is 0 Å². The van der Waals surface area contributed by atoms with Crippen LogP contribution in [0.25, 0.3) is 0 Å². The molecular weight excluding hydrogens is 679 g/mol. The van der Waals surface area contributed by atoms with Gasteiger partial charge in [0.1, 0.15) is 6.10 Å². The van der Waals surface area contributed by atoms with Crippen LogP contribution in [-0.4, -0.2) is 46.1 Å². The molecule has 0 saturated heterocycles. The van der Waals surface area contributed by atoms with E-state index < -0.39 is 18.2 Å². The zero-order valence-corrected chi connectivity index (χ0v) is 36.8. The molecule has 5 heteroatoms. The van der Waals surface area contributed by atoms with E-state index in [2.05, 4.69) is 55.6 Å². The Bertz CT molecular complexity index is 855. The van der Waals surface area contributed by atoms with Crippen LogP contribution in [-0.2, 0) is 4.79 Å². The predicted molar refractivity (Wildman–Crippen MR) is 241 cm³/mol. The number of aliphatic hydroxyl groups excluding tert-OH is 3. The normalized spacial score (nSPS) is 13.8. The van der Waals surface area contributed by atoms with Crippen molar-refractivity contribution in [3.63, 3.8) is 0 Å². The van der Waals surface area contributed by atoms with E-state index in [-0.39, 0.29) is 12.5 Å². The van der Waals surface area contributed by atoms with Crippen molar-refractivity contribution in [1.82, 2.24) is 5.32 Å². The van der Waals surface area contributed by atoms with Crippen molar-refractivity contribution in [1.29, 1.82) is 0 Å². The van der Waals surface area contributed by atoms with E-state index in [0.29, 0.717) is 12.8 Å². The van der Waals surface area contributed by atoms with Gasteiger partial charge >= 0.3 is 0 Å². The minimum Gasteiger partial charge on any atom is -0.394 e. The smallest absolute Gasteiger partial charge is 0.220 e. The van der Waals surface area contributed by atoms with Crippen LogP contribution in [0, 0.1) is 0 Å². The van der Waals surface area contributed by atoms with Crippen LogP contribution in [0.2, 0.25) is 0 Å². The average molecular weight is 774 g/mol. The number of amides is 1. The molecule has 0 radical (unpaired) electrons. The Morgan fingerprint density at radius 3 is 1.11 bits per heavy atom. The number of aliphatic hydroxyl groups is 3. The topological polar surface area (TPSA) is 89.8 Å². The second-order valence-corrected chi connectivity index (χ2v) is 16.6. The predicted octanol–water partition coefficient (Wildman–Crippen LogP) is 14.3. The van der Waals surface area contributed by atoms with E-state index in [1.165, 1.54) is 180 Å². The summed E-state index contributed by atoms with van der Waals surface area (Å²) in [5.74, 6) is -0.160. The number of carbonyl (C=O) groups is 1. The van der Waals surface area contributed by atoms with E-state index in [1.54, 1.807) is 0 Å². The second kappa shape index (κ2) is 45.3. The van der Waals surface area contributed by atoms with E-state index in [0.717, 1.165) is 44.9 Å². The minimum atomic E-state index is -1.17. The van der Waals surface area contributed by atoms with Crippen molar-refractivity contribution in [2.45, 2.75) is 270 Å². The Hall–Kier alpha value is -1.43. The molecule has 324 valence electrons. The lowest BCUT2D eigenvalue weighted by atomic mass is 10.0. The summed E-state index contributed by atoms with van der Waals surface area (Å²) in [6.45, 7) is 4.17. The second-order valence-electron chi connectivity index (χ2n) is 16.6. The molecule has 0 aliphatic carbocycles. The summed E-state index contributed by atoms with van der Waals surface area (Å²) >= 11 is 0. The average Bonchev–Trinajstić information content (AvgIpc) is 3.19. The Morgan fingerprint density at radius 2 is 0.745 bits per heavy atom. The molecule has 0 aliphatic heterocycles. The fourth-order valence-corrected chi connectivity index (χ4v) is 7.41. The zero-order chi connectivity index (χ0) is 40.1. The van der Waals surface area contributed by atoms with Crippen LogP contribution in [0.1, 0.15) is 251 Å². The van der Waals surface area contributed by atoms with Gasteiger partial charge in [-0.1, -0.05) is 204 Å². The summed E-state index contributed by atoms with van der Waals surface area (Å²) in [4.78, 5) is 12.5. The molecule has 0 aromatic heterocycles. The molecule has 1 amide bonds. The number of hydrogen-bond donors (Lipinski definition) is 4. The zero-order valence-electron chi connectivity index (χ0n) is 36.8. The van der Waals surface area contributed by atoms with Crippen molar-refractivity contribution in [2.24, 2.45) is 0 Å². The van der Waals surface area contributed by atoms with Crippen molar-refractivity contribution < 1.29 is 20.1 Å². The van der Waals surface area contributed by atoms with Gasteiger partial charge < -0.3 is 20.6 Å². The van der Waals surface area contributed by atoms with Gasteiger partial charge in [-0.2, -0.15) is 0 Å². The van der Waals surface area contributed by atoms with Crippen molar-refractivity contribution in [3.8, 4) is 0 Å². The maximum atomic E-state index is 12.5. The number of hydrogen-bond acceptors (Lipinski definition) is 4. The SMILES string of the molecule is CCCCCCCCCC/C=C/CC/C=C/CCCC(O)C(O)C(CO)NC(=O)CCCCCCCCCC/C=C\CCCCCCCCCCCCCC. The standard InChI is InChI=1S/C50H95NO4/c1-3-5-7-9-11-13-15-17-19-21-22-23-24-25-26-27-29-31-33-35-37-39-41-43-45-49(54)51-47(46-52)50(55)48(53)44-42-40-38-36-34-32-30-28-20-18-16-14-12-10-8-6-4-2/h25-26,28,30,36,38,47-48,50,52-53,55H,3-24,27,29,31-35,37,39-46H2,1-2H3,(H,51,54)/b26-25-,30-28+,38-36+. The number of allylic oxidation sites excluding steroid dienone is 6. The van der Waals surface area contributed by atoms with Gasteiger partial charge in [0.2, 0.25) is 5.91 Å². The van der Waals surface area contributed by atoms with Gasteiger partial charge in [-0.3, -0.25) is 4.79 Å². The molecule has 0 spiro atoms. The number of carbonyl (C=O) groups excluding carboxylic acids is 1. The van der Waals surface area contributed by atoms with Gasteiger partial charge in [0.25, 0.3) is 0 Å². The molecule has 0 rings (SSSR count). The van der Waals surface area contributed by atoms with Gasteiger partial charge in [0, 0.05) is 6.42 Å². The minimum absolute atomic E-state index is 0.160. The third-order valence-corrected chi connectivity index (χ3v) is 11.2. The maximum Gasteiger partial charge on any atom is 0.220 e. The molecule has 4 N–H and O–H groups in total. The molecule has 0 fully saturated rings. The highest BCUT2D eigenvalue weighted by Gasteiger charge is 2.26. The molecule has 5 nitrogen and oxygen atoms in total. The van der Waals surface area contributed by atoms with Gasteiger partial charge in [-0.05, 0) is 77.0 Å². The first-order valence-electron chi connectivity index (χ1n) is 24.3. The molecule has 0 aromatic carbocycles. The number of unbranched alkanes of at least 4 members (excludes halogenated alkanes) is 30. The van der Waals surface area contributed by atoms with E-state index >= 15 is 0 Å². The third kappa shape index (κ3) is 40.6. The van der Waals surface area contributed by atoms with Crippen molar-refractivity contribution in [2.75, 3.05) is 6.61 Å². The van der Waals surface area contributed by atoms with Crippen LogP contribution >= 0.6 is 0 Å². The Kier molecular flexibility index (Phi) is 44.1. The van der Waals surface area contributed by atoms with Gasteiger partial charge in [-0.15, -0.1) is 0 Å². The molecule has 0 saturated carbocycles. The molecule has 0 aromatic rings. The quantitative estimate of drug-likeness (QED) is 0.0367. The summed E-state index contributed by atoms with van der Waals surface area (Å²) in [7, 11) is 0. The van der Waals surface area contributed by atoms with Crippen LogP contribution < -0.4 is 5.32 Å². The first kappa shape index (κ1) is 53.6. The molecule has 3 unspecified atom stereocenters. The van der Waals surface area contributed by atoms with Crippen molar-refractivity contribution in [3.05, 3.63) is 36.5 Å². The summed E-state index contributed by atoms with van der Waals surface area (Å²) in [6.07, 6.45) is 57.0. The van der Waals surface area contributed by atoms with Gasteiger partial charge in [0.05, 0.1) is 18.8 Å². The first-order valence-corrected chi connectivity index (χ1v) is 24.3. The third-order valence-electron chi connectivity index (χ3n) is 11.2. The maximum absolute atomic E-state index is 12.5. The van der Waals surface area contributed by atoms with Crippen LogP contribution in [0.4, 0.5) is 0 Å². The Balaban J connectivity index is 3.64.